The molecule has 1 heterocycles. The second-order valence-electron chi connectivity index (χ2n) is 4.76. The lowest BCUT2D eigenvalue weighted by molar-refractivity contribution is 0.179. The van der Waals surface area contributed by atoms with Crippen LogP contribution in [0.25, 0.3) is 0 Å². The monoisotopic (exact) mass is 240 g/mol. The van der Waals surface area contributed by atoms with E-state index in [4.69, 9.17) is 5.73 Å². The molecular weight excluding hydrogens is 219 g/mol. The number of halogens is 2. The van der Waals surface area contributed by atoms with Gasteiger partial charge in [0.1, 0.15) is 0 Å². The van der Waals surface area contributed by atoms with E-state index in [9.17, 15) is 0 Å². The highest BCUT2D eigenvalue weighted by atomic mass is 35.5. The lowest BCUT2D eigenvalue weighted by atomic mass is 9.74. The molecule has 1 aliphatic carbocycles. The van der Waals surface area contributed by atoms with Crippen molar-refractivity contribution in [2.75, 3.05) is 13.1 Å². The van der Waals surface area contributed by atoms with Gasteiger partial charge in [-0.25, -0.2) is 0 Å². The normalized spacial score (nSPS) is 34.7. The van der Waals surface area contributed by atoms with E-state index < -0.39 is 0 Å². The highest BCUT2D eigenvalue weighted by Crippen LogP contribution is 2.46. The van der Waals surface area contributed by atoms with Gasteiger partial charge in [0.25, 0.3) is 0 Å². The summed E-state index contributed by atoms with van der Waals surface area (Å²) < 4.78 is 0. The molecule has 2 atom stereocenters. The fourth-order valence-electron chi connectivity index (χ4n) is 3.11. The molecule has 3 N–H and O–H groups in total. The van der Waals surface area contributed by atoms with E-state index in [-0.39, 0.29) is 24.8 Å². The van der Waals surface area contributed by atoms with Gasteiger partial charge in [-0.3, -0.25) is 0 Å². The van der Waals surface area contributed by atoms with E-state index in [2.05, 4.69) is 12.2 Å². The van der Waals surface area contributed by atoms with E-state index in [0.29, 0.717) is 11.5 Å². The predicted molar refractivity (Wildman–Crippen MR) is 65.4 cm³/mol. The summed E-state index contributed by atoms with van der Waals surface area (Å²) in [6.07, 6.45) is 5.23. The van der Waals surface area contributed by atoms with Crippen LogP contribution in [0.4, 0.5) is 0 Å². The van der Waals surface area contributed by atoms with Gasteiger partial charge in [-0.15, -0.1) is 24.8 Å². The molecular formula is C10H22Cl2N2. The Morgan fingerprint density at radius 3 is 2.21 bits per heavy atom. The largest absolute Gasteiger partial charge is 0.327 e. The standard InChI is InChI=1S/C10H20N2.2ClH/c1-8-6-9(11)10(7-8)2-4-12-5-3-10;;/h8-9,12H,2-7,11H2,1H3;2*1H/t8-,9+;;/m0../s1. The summed E-state index contributed by atoms with van der Waals surface area (Å²) in [5, 5.41) is 3.42. The molecule has 0 amide bonds. The first kappa shape index (κ1) is 14.5. The third-order valence-corrected chi connectivity index (χ3v) is 3.80. The van der Waals surface area contributed by atoms with Crippen LogP contribution in [0.15, 0.2) is 0 Å². The van der Waals surface area contributed by atoms with Crippen LogP contribution in [0.3, 0.4) is 0 Å². The zero-order valence-electron chi connectivity index (χ0n) is 8.79. The van der Waals surface area contributed by atoms with Gasteiger partial charge in [0.05, 0.1) is 0 Å². The first-order chi connectivity index (χ1) is 5.73. The molecule has 1 saturated carbocycles. The molecule has 0 radical (unpaired) electrons. The zero-order chi connectivity index (χ0) is 8.60. The minimum atomic E-state index is 0. The Bertz CT molecular complexity index is 170. The lowest BCUT2D eigenvalue weighted by Crippen LogP contribution is -2.45. The van der Waals surface area contributed by atoms with Crippen LogP contribution in [0.5, 0.6) is 0 Å². The van der Waals surface area contributed by atoms with E-state index in [1.54, 1.807) is 0 Å². The average Bonchev–Trinajstić information content (AvgIpc) is 2.29. The second kappa shape index (κ2) is 5.55. The van der Waals surface area contributed by atoms with Gasteiger partial charge in [-0.2, -0.15) is 0 Å². The van der Waals surface area contributed by atoms with Crippen LogP contribution in [-0.2, 0) is 0 Å². The molecule has 2 aliphatic rings. The maximum Gasteiger partial charge on any atom is 0.00991 e. The molecule has 1 spiro atoms. The van der Waals surface area contributed by atoms with Crippen molar-refractivity contribution in [1.29, 1.82) is 0 Å². The van der Waals surface area contributed by atoms with Crippen LogP contribution >= 0.6 is 24.8 Å². The third-order valence-electron chi connectivity index (χ3n) is 3.80. The van der Waals surface area contributed by atoms with Crippen LogP contribution in [0.1, 0.15) is 32.6 Å². The smallest absolute Gasteiger partial charge is 0.00991 e. The number of hydrogen-bond donors (Lipinski definition) is 2. The van der Waals surface area contributed by atoms with Crippen molar-refractivity contribution in [3.8, 4) is 0 Å². The summed E-state index contributed by atoms with van der Waals surface area (Å²) in [5.41, 5.74) is 6.73. The fraction of sp³-hybridized carbons (Fsp3) is 1.00. The Kier molecular flexibility index (Phi) is 5.75. The minimum absolute atomic E-state index is 0. The van der Waals surface area contributed by atoms with E-state index in [1.807, 2.05) is 0 Å². The molecule has 0 aromatic rings. The summed E-state index contributed by atoms with van der Waals surface area (Å²) in [7, 11) is 0. The van der Waals surface area contributed by atoms with E-state index >= 15 is 0 Å². The van der Waals surface area contributed by atoms with Crippen LogP contribution in [0.2, 0.25) is 0 Å². The van der Waals surface area contributed by atoms with Crippen LogP contribution < -0.4 is 11.1 Å². The topological polar surface area (TPSA) is 38.0 Å². The van der Waals surface area contributed by atoms with Crippen molar-refractivity contribution in [1.82, 2.24) is 5.32 Å². The van der Waals surface area contributed by atoms with Gasteiger partial charge >= 0.3 is 0 Å². The molecule has 86 valence electrons. The number of piperidine rings is 1. The third kappa shape index (κ3) is 2.54. The maximum absolute atomic E-state index is 6.21. The quantitative estimate of drug-likeness (QED) is 0.680. The molecule has 0 aromatic heterocycles. The molecule has 0 aromatic carbocycles. The summed E-state index contributed by atoms with van der Waals surface area (Å²) in [6.45, 7) is 4.71. The predicted octanol–water partition coefficient (Wildman–Crippen LogP) is 1.96. The van der Waals surface area contributed by atoms with Crippen LogP contribution in [0, 0.1) is 11.3 Å². The van der Waals surface area contributed by atoms with Crippen molar-refractivity contribution >= 4 is 24.8 Å². The summed E-state index contributed by atoms with van der Waals surface area (Å²) in [5.74, 6) is 0.859. The molecule has 0 unspecified atom stereocenters. The van der Waals surface area contributed by atoms with Crippen molar-refractivity contribution in [3.05, 3.63) is 0 Å². The van der Waals surface area contributed by atoms with Gasteiger partial charge in [0, 0.05) is 6.04 Å². The van der Waals surface area contributed by atoms with Gasteiger partial charge in [-0.1, -0.05) is 6.92 Å². The molecule has 1 aliphatic heterocycles. The minimum Gasteiger partial charge on any atom is -0.327 e. The average molecular weight is 241 g/mol. The number of rotatable bonds is 0. The van der Waals surface area contributed by atoms with Crippen molar-refractivity contribution < 1.29 is 0 Å². The van der Waals surface area contributed by atoms with Gasteiger partial charge in [-0.05, 0) is 50.1 Å². The molecule has 2 rings (SSSR count). The Hall–Kier alpha value is 0.500. The van der Waals surface area contributed by atoms with Gasteiger partial charge in [0.15, 0.2) is 0 Å². The second-order valence-corrected chi connectivity index (χ2v) is 4.76. The molecule has 14 heavy (non-hydrogen) atoms. The van der Waals surface area contributed by atoms with Gasteiger partial charge < -0.3 is 11.1 Å². The SMILES string of the molecule is C[C@H]1C[C@@H](N)C2(CCNCC2)C1.Cl.Cl. The Morgan fingerprint density at radius 1 is 1.21 bits per heavy atom. The number of nitrogens with one attached hydrogen (secondary N) is 1. The number of hydrogen-bond acceptors (Lipinski definition) is 2. The summed E-state index contributed by atoms with van der Waals surface area (Å²) >= 11 is 0. The molecule has 4 heteroatoms. The Morgan fingerprint density at radius 2 is 1.79 bits per heavy atom. The molecule has 2 fully saturated rings. The van der Waals surface area contributed by atoms with Crippen LogP contribution in [-0.4, -0.2) is 19.1 Å². The Balaban J connectivity index is 0.000000845. The zero-order valence-corrected chi connectivity index (χ0v) is 10.4. The highest BCUT2D eigenvalue weighted by molar-refractivity contribution is 5.85. The molecule has 2 nitrogen and oxygen atoms in total. The lowest BCUT2D eigenvalue weighted by Gasteiger charge is -2.37. The first-order valence-electron chi connectivity index (χ1n) is 5.19. The van der Waals surface area contributed by atoms with Crippen molar-refractivity contribution in [3.63, 3.8) is 0 Å². The van der Waals surface area contributed by atoms with Crippen molar-refractivity contribution in [2.24, 2.45) is 17.1 Å². The molecule has 0 bridgehead atoms. The fourth-order valence-corrected chi connectivity index (χ4v) is 3.11. The maximum atomic E-state index is 6.21. The van der Waals surface area contributed by atoms with Gasteiger partial charge in [0.2, 0.25) is 0 Å². The molecule has 1 saturated heterocycles. The highest BCUT2D eigenvalue weighted by Gasteiger charge is 2.44. The van der Waals surface area contributed by atoms with E-state index in [0.717, 1.165) is 5.92 Å². The first-order valence-corrected chi connectivity index (χ1v) is 5.19. The van der Waals surface area contributed by atoms with E-state index in [1.165, 1.54) is 38.8 Å². The summed E-state index contributed by atoms with van der Waals surface area (Å²) in [6, 6.07) is 0.481. The van der Waals surface area contributed by atoms with Crippen molar-refractivity contribution in [2.45, 2.75) is 38.6 Å². The number of nitrogens with two attached hydrogens (primary N) is 1. The Labute approximate surface area is 99.2 Å². The summed E-state index contributed by atoms with van der Waals surface area (Å²) in [4.78, 5) is 0.